The quantitative estimate of drug-likeness (QED) is 0.910. The first-order valence-electron chi connectivity index (χ1n) is 5.63. The lowest BCUT2D eigenvalue weighted by atomic mass is 10.2. The molecule has 0 aliphatic rings. The summed E-state index contributed by atoms with van der Waals surface area (Å²) in [6.07, 6.45) is 0. The number of halogens is 2. The summed E-state index contributed by atoms with van der Waals surface area (Å²) in [5, 5.41) is 9.10. The highest BCUT2D eigenvalue weighted by Gasteiger charge is 2.17. The molecule has 1 N–H and O–H groups in total. The molecule has 1 unspecified atom stereocenters. The van der Waals surface area contributed by atoms with Crippen LogP contribution in [0.2, 0.25) is 0 Å². The molecular formula is C14H10BrFO3S. The highest BCUT2D eigenvalue weighted by Crippen LogP contribution is 2.23. The van der Waals surface area contributed by atoms with Gasteiger partial charge in [0, 0.05) is 10.0 Å². The van der Waals surface area contributed by atoms with Crippen molar-refractivity contribution in [2.24, 2.45) is 0 Å². The minimum atomic E-state index is -1.64. The van der Waals surface area contributed by atoms with Crippen molar-refractivity contribution < 1.29 is 18.5 Å². The molecule has 2 aromatic carbocycles. The average molecular weight is 357 g/mol. The second-order valence-electron chi connectivity index (χ2n) is 4.03. The van der Waals surface area contributed by atoms with Crippen LogP contribution in [0.15, 0.2) is 51.8 Å². The molecule has 0 radical (unpaired) electrons. The smallest absolute Gasteiger partial charge is 0.336 e. The van der Waals surface area contributed by atoms with Crippen molar-refractivity contribution in [3.63, 3.8) is 0 Å². The molecule has 0 spiro atoms. The van der Waals surface area contributed by atoms with Gasteiger partial charge in [-0.1, -0.05) is 34.1 Å². The number of benzene rings is 2. The summed E-state index contributed by atoms with van der Waals surface area (Å²) in [6.45, 7) is 0. The molecule has 0 heterocycles. The van der Waals surface area contributed by atoms with Crippen LogP contribution < -0.4 is 0 Å². The maximum Gasteiger partial charge on any atom is 0.336 e. The van der Waals surface area contributed by atoms with E-state index >= 15 is 0 Å². The van der Waals surface area contributed by atoms with Crippen molar-refractivity contribution in [2.75, 3.05) is 0 Å². The Bertz CT molecular complexity index is 688. The lowest BCUT2D eigenvalue weighted by molar-refractivity contribution is 0.0693. The third-order valence-corrected chi connectivity index (χ3v) is 4.56. The minimum absolute atomic E-state index is 0.0390. The Balaban J connectivity index is 2.37. The van der Waals surface area contributed by atoms with Gasteiger partial charge in [-0.2, -0.15) is 0 Å². The highest BCUT2D eigenvalue weighted by atomic mass is 79.9. The van der Waals surface area contributed by atoms with E-state index in [0.29, 0.717) is 10.0 Å². The molecule has 20 heavy (non-hydrogen) atoms. The Hall–Kier alpha value is -1.53. The predicted octanol–water partition coefficient (Wildman–Crippen LogP) is 3.59. The number of aromatic carboxylic acids is 1. The predicted molar refractivity (Wildman–Crippen MR) is 77.6 cm³/mol. The number of carboxylic acid groups (broad SMARTS) is 1. The number of carbonyl (C=O) groups is 1. The zero-order chi connectivity index (χ0) is 14.7. The molecule has 0 fully saturated rings. The summed E-state index contributed by atoms with van der Waals surface area (Å²) in [6, 6.07) is 10.4. The molecule has 104 valence electrons. The van der Waals surface area contributed by atoms with E-state index in [2.05, 4.69) is 15.9 Å². The normalized spacial score (nSPS) is 12.1. The van der Waals surface area contributed by atoms with Gasteiger partial charge in [-0.05, 0) is 24.3 Å². The van der Waals surface area contributed by atoms with Gasteiger partial charge >= 0.3 is 5.97 Å². The number of hydrogen-bond acceptors (Lipinski definition) is 2. The van der Waals surface area contributed by atoms with E-state index in [9.17, 15) is 13.4 Å². The summed E-state index contributed by atoms with van der Waals surface area (Å²) in [5.74, 6) is -1.68. The first kappa shape index (κ1) is 14.9. The van der Waals surface area contributed by atoms with Crippen LogP contribution in [-0.4, -0.2) is 15.3 Å². The monoisotopic (exact) mass is 356 g/mol. The van der Waals surface area contributed by atoms with Crippen molar-refractivity contribution in [3.8, 4) is 0 Å². The molecule has 0 bridgehead atoms. The topological polar surface area (TPSA) is 54.4 Å². The third kappa shape index (κ3) is 3.32. The van der Waals surface area contributed by atoms with Crippen LogP contribution in [0, 0.1) is 5.82 Å². The lowest BCUT2D eigenvalue weighted by Gasteiger charge is -2.07. The van der Waals surface area contributed by atoms with E-state index in [1.807, 2.05) is 0 Å². The van der Waals surface area contributed by atoms with Crippen LogP contribution in [0.25, 0.3) is 0 Å². The molecule has 0 saturated heterocycles. The van der Waals surface area contributed by atoms with Gasteiger partial charge in [0.15, 0.2) is 0 Å². The van der Waals surface area contributed by atoms with Gasteiger partial charge in [-0.25, -0.2) is 9.18 Å². The van der Waals surface area contributed by atoms with Crippen LogP contribution in [0.1, 0.15) is 15.9 Å². The Morgan fingerprint density at radius 1 is 1.25 bits per heavy atom. The zero-order valence-corrected chi connectivity index (χ0v) is 12.6. The molecule has 0 amide bonds. The molecule has 1 atom stereocenters. The summed E-state index contributed by atoms with van der Waals surface area (Å²) in [4.78, 5) is 11.3. The van der Waals surface area contributed by atoms with Crippen LogP contribution in [0.4, 0.5) is 4.39 Å². The SMILES string of the molecule is O=C(O)c1ccc(Br)cc1S(=O)Cc1ccccc1F. The molecule has 2 rings (SSSR count). The van der Waals surface area contributed by atoms with E-state index in [0.717, 1.165) is 0 Å². The van der Waals surface area contributed by atoms with Gasteiger partial charge in [-0.3, -0.25) is 4.21 Å². The minimum Gasteiger partial charge on any atom is -0.478 e. The molecule has 2 aromatic rings. The highest BCUT2D eigenvalue weighted by molar-refractivity contribution is 9.10. The van der Waals surface area contributed by atoms with Crippen LogP contribution >= 0.6 is 15.9 Å². The van der Waals surface area contributed by atoms with Crippen molar-refractivity contribution in [1.82, 2.24) is 0 Å². The largest absolute Gasteiger partial charge is 0.478 e. The van der Waals surface area contributed by atoms with Crippen LogP contribution in [0.3, 0.4) is 0 Å². The standard InChI is InChI=1S/C14H10BrFO3S/c15-10-5-6-11(14(17)18)13(7-10)20(19)8-9-3-1-2-4-12(9)16/h1-7H,8H2,(H,17,18). The molecule has 0 saturated carbocycles. The first-order chi connectivity index (χ1) is 9.49. The van der Waals surface area contributed by atoms with E-state index in [4.69, 9.17) is 5.11 Å². The molecule has 6 heteroatoms. The van der Waals surface area contributed by atoms with Gasteiger partial charge in [0.2, 0.25) is 0 Å². The Morgan fingerprint density at radius 3 is 2.60 bits per heavy atom. The van der Waals surface area contributed by atoms with E-state index < -0.39 is 22.6 Å². The summed E-state index contributed by atoms with van der Waals surface area (Å²) >= 11 is 3.21. The van der Waals surface area contributed by atoms with Gasteiger partial charge in [-0.15, -0.1) is 0 Å². The second kappa shape index (κ2) is 6.28. The third-order valence-electron chi connectivity index (χ3n) is 2.66. The zero-order valence-electron chi connectivity index (χ0n) is 10.2. The number of hydrogen-bond donors (Lipinski definition) is 1. The Labute approximate surface area is 126 Å². The van der Waals surface area contributed by atoms with Gasteiger partial charge < -0.3 is 5.11 Å². The molecule has 3 nitrogen and oxygen atoms in total. The van der Waals surface area contributed by atoms with E-state index in [-0.39, 0.29) is 16.2 Å². The van der Waals surface area contributed by atoms with Crippen molar-refractivity contribution in [1.29, 1.82) is 0 Å². The van der Waals surface area contributed by atoms with Gasteiger partial charge in [0.05, 0.1) is 27.0 Å². The number of rotatable bonds is 4. The second-order valence-corrected chi connectivity index (χ2v) is 6.36. The fourth-order valence-electron chi connectivity index (χ4n) is 1.70. The molecular weight excluding hydrogens is 347 g/mol. The van der Waals surface area contributed by atoms with Crippen LogP contribution in [0.5, 0.6) is 0 Å². The fraction of sp³-hybridized carbons (Fsp3) is 0.0714. The lowest BCUT2D eigenvalue weighted by Crippen LogP contribution is -2.06. The van der Waals surface area contributed by atoms with E-state index in [1.165, 1.54) is 24.3 Å². The first-order valence-corrected chi connectivity index (χ1v) is 7.75. The Kier molecular flexibility index (Phi) is 4.67. The van der Waals surface area contributed by atoms with Crippen LogP contribution in [-0.2, 0) is 16.6 Å². The molecule has 0 aromatic heterocycles. The number of carboxylic acids is 1. The summed E-state index contributed by atoms with van der Waals surface area (Å²) < 4.78 is 26.5. The van der Waals surface area contributed by atoms with Crippen molar-refractivity contribution >= 4 is 32.7 Å². The van der Waals surface area contributed by atoms with Crippen molar-refractivity contribution in [3.05, 3.63) is 63.9 Å². The maximum absolute atomic E-state index is 13.5. The fourth-order valence-corrected chi connectivity index (χ4v) is 3.54. The summed E-state index contributed by atoms with van der Waals surface area (Å²) in [5.41, 5.74) is 0.255. The average Bonchev–Trinajstić information content (AvgIpc) is 2.40. The van der Waals surface area contributed by atoms with Gasteiger partial charge in [0.1, 0.15) is 5.82 Å². The van der Waals surface area contributed by atoms with Gasteiger partial charge in [0.25, 0.3) is 0 Å². The van der Waals surface area contributed by atoms with E-state index in [1.54, 1.807) is 18.2 Å². The maximum atomic E-state index is 13.5. The van der Waals surface area contributed by atoms with Crippen molar-refractivity contribution in [2.45, 2.75) is 10.6 Å². The molecule has 0 aliphatic carbocycles. The molecule has 0 aliphatic heterocycles. The Morgan fingerprint density at radius 2 is 1.95 bits per heavy atom. The summed E-state index contributed by atoms with van der Waals surface area (Å²) in [7, 11) is -1.64.